The van der Waals surface area contributed by atoms with E-state index in [1.165, 1.54) is 18.2 Å². The Hall–Kier alpha value is -3.34. The summed E-state index contributed by atoms with van der Waals surface area (Å²) < 4.78 is 4.91. The number of anilines is 1. The zero-order valence-corrected chi connectivity index (χ0v) is 15.8. The molecule has 0 saturated carbocycles. The van der Waals surface area contributed by atoms with Gasteiger partial charge in [-0.05, 0) is 40.5 Å². The summed E-state index contributed by atoms with van der Waals surface area (Å²) in [5.41, 5.74) is 3.54. The predicted molar refractivity (Wildman–Crippen MR) is 109 cm³/mol. The molecule has 1 amide bonds. The fourth-order valence-corrected chi connectivity index (χ4v) is 3.66. The zero-order chi connectivity index (χ0) is 19.5. The molecule has 1 aliphatic rings. The third-order valence-electron chi connectivity index (χ3n) is 5.20. The highest BCUT2D eigenvalue weighted by molar-refractivity contribution is 6.02. The molecule has 4 rings (SSSR count). The molecule has 0 aromatic heterocycles. The molecule has 28 heavy (non-hydrogen) atoms. The summed E-state index contributed by atoms with van der Waals surface area (Å²) in [6.07, 6.45) is 0.866. The normalized spacial score (nSPS) is 13.1. The van der Waals surface area contributed by atoms with Crippen LogP contribution in [-0.2, 0) is 22.5 Å². The van der Waals surface area contributed by atoms with Gasteiger partial charge in [0.2, 0.25) is 5.91 Å². The Morgan fingerprint density at radius 1 is 1.00 bits per heavy atom. The molecule has 142 valence electrons. The van der Waals surface area contributed by atoms with Crippen LogP contribution in [0.3, 0.4) is 0 Å². The fraction of sp³-hybridized carbons (Fsp3) is 0.217. The summed E-state index contributed by atoms with van der Waals surface area (Å²) in [5, 5.41) is 5.10. The van der Waals surface area contributed by atoms with E-state index >= 15 is 0 Å². The maximum atomic E-state index is 12.7. The van der Waals surface area contributed by atoms with Gasteiger partial charge in [0.1, 0.15) is 0 Å². The zero-order valence-electron chi connectivity index (χ0n) is 15.8. The van der Waals surface area contributed by atoms with Crippen molar-refractivity contribution in [3.8, 4) is 0 Å². The van der Waals surface area contributed by atoms with Crippen LogP contribution >= 0.6 is 0 Å². The van der Waals surface area contributed by atoms with Crippen molar-refractivity contribution in [3.05, 3.63) is 77.4 Å². The molecular formula is C23H22N2O3. The van der Waals surface area contributed by atoms with Gasteiger partial charge in [-0.25, -0.2) is 4.79 Å². The van der Waals surface area contributed by atoms with Crippen molar-refractivity contribution in [2.45, 2.75) is 13.0 Å². The lowest BCUT2D eigenvalue weighted by Crippen LogP contribution is -2.39. The molecule has 0 atom stereocenters. The number of benzene rings is 3. The maximum absolute atomic E-state index is 12.7. The van der Waals surface area contributed by atoms with E-state index in [-0.39, 0.29) is 12.5 Å². The van der Waals surface area contributed by atoms with Crippen molar-refractivity contribution >= 4 is 28.3 Å². The third-order valence-corrected chi connectivity index (χ3v) is 5.20. The molecule has 0 bridgehead atoms. The van der Waals surface area contributed by atoms with Gasteiger partial charge >= 0.3 is 5.97 Å². The van der Waals surface area contributed by atoms with Crippen LogP contribution in [0.25, 0.3) is 10.8 Å². The van der Waals surface area contributed by atoms with E-state index in [9.17, 15) is 9.59 Å². The molecule has 0 spiro atoms. The fourth-order valence-electron chi connectivity index (χ4n) is 3.66. The monoisotopic (exact) mass is 374 g/mol. The lowest BCUT2D eigenvalue weighted by molar-refractivity contribution is -0.130. The largest absolute Gasteiger partial charge is 0.465 e. The Bertz CT molecular complexity index is 1040. The highest BCUT2D eigenvalue weighted by Crippen LogP contribution is 2.25. The van der Waals surface area contributed by atoms with E-state index in [4.69, 9.17) is 4.74 Å². The molecule has 3 aromatic rings. The van der Waals surface area contributed by atoms with Gasteiger partial charge in [0.25, 0.3) is 0 Å². The van der Waals surface area contributed by atoms with E-state index < -0.39 is 5.97 Å². The number of carbonyl (C=O) groups is 2. The minimum Gasteiger partial charge on any atom is -0.465 e. The quantitative estimate of drug-likeness (QED) is 0.709. The van der Waals surface area contributed by atoms with E-state index in [0.29, 0.717) is 24.3 Å². The van der Waals surface area contributed by atoms with E-state index in [1.807, 2.05) is 47.4 Å². The van der Waals surface area contributed by atoms with Crippen molar-refractivity contribution in [3.63, 3.8) is 0 Å². The predicted octanol–water partition coefficient (Wildman–Crippen LogP) is 3.62. The van der Waals surface area contributed by atoms with Gasteiger partial charge in [0.15, 0.2) is 0 Å². The molecule has 0 fully saturated rings. The highest BCUT2D eigenvalue weighted by atomic mass is 16.5. The summed E-state index contributed by atoms with van der Waals surface area (Å²) in [7, 11) is 1.36. The Labute approximate surface area is 163 Å². The summed E-state index contributed by atoms with van der Waals surface area (Å²) in [5.74, 6) is -0.411. The smallest absolute Gasteiger partial charge is 0.339 e. The summed E-state index contributed by atoms with van der Waals surface area (Å²) in [6, 6.07) is 19.7. The Morgan fingerprint density at radius 2 is 1.68 bits per heavy atom. The number of nitrogens with one attached hydrogen (secondary N) is 1. The molecule has 1 N–H and O–H groups in total. The first-order chi connectivity index (χ1) is 13.7. The number of fused-ring (bicyclic) bond motifs is 2. The average molecular weight is 374 g/mol. The van der Waals surface area contributed by atoms with Crippen LogP contribution < -0.4 is 5.32 Å². The van der Waals surface area contributed by atoms with E-state index in [1.54, 1.807) is 6.07 Å². The second-order valence-corrected chi connectivity index (χ2v) is 6.92. The van der Waals surface area contributed by atoms with Gasteiger partial charge in [-0.2, -0.15) is 0 Å². The van der Waals surface area contributed by atoms with E-state index in [0.717, 1.165) is 17.2 Å². The van der Waals surface area contributed by atoms with Crippen molar-refractivity contribution in [1.82, 2.24) is 4.90 Å². The van der Waals surface area contributed by atoms with Crippen LogP contribution in [0.1, 0.15) is 21.5 Å². The number of amides is 1. The molecule has 5 heteroatoms. The van der Waals surface area contributed by atoms with Crippen LogP contribution in [0.15, 0.2) is 60.7 Å². The second kappa shape index (κ2) is 7.72. The van der Waals surface area contributed by atoms with Gasteiger partial charge in [0, 0.05) is 18.8 Å². The Kier molecular flexibility index (Phi) is 4.98. The second-order valence-electron chi connectivity index (χ2n) is 6.92. The van der Waals surface area contributed by atoms with E-state index in [2.05, 4.69) is 17.4 Å². The minimum atomic E-state index is -0.424. The number of esters is 1. The van der Waals surface area contributed by atoms with Crippen LogP contribution in [0.5, 0.6) is 0 Å². The summed E-state index contributed by atoms with van der Waals surface area (Å²) in [4.78, 5) is 26.8. The first kappa shape index (κ1) is 18.0. The SMILES string of the molecule is COC(=O)c1cc2ccccc2cc1NCC(=O)N1CCc2ccccc2C1. The number of hydrogen-bond donors (Lipinski definition) is 1. The number of nitrogens with zero attached hydrogens (tertiary/aromatic N) is 1. The molecule has 0 unspecified atom stereocenters. The van der Waals surface area contributed by atoms with Crippen molar-refractivity contribution in [2.24, 2.45) is 0 Å². The molecule has 1 aliphatic heterocycles. The number of carbonyl (C=O) groups excluding carboxylic acids is 2. The van der Waals surface area contributed by atoms with Gasteiger partial charge in [0.05, 0.1) is 19.2 Å². The maximum Gasteiger partial charge on any atom is 0.339 e. The molecule has 5 nitrogen and oxygen atoms in total. The van der Waals surface area contributed by atoms with Crippen LogP contribution in [-0.4, -0.2) is 37.0 Å². The van der Waals surface area contributed by atoms with Crippen molar-refractivity contribution in [2.75, 3.05) is 25.5 Å². The lowest BCUT2D eigenvalue weighted by atomic mass is 10.00. The Balaban J connectivity index is 1.52. The van der Waals surface area contributed by atoms with Gasteiger partial charge in [-0.3, -0.25) is 4.79 Å². The molecule has 3 aromatic carbocycles. The molecule has 0 aliphatic carbocycles. The highest BCUT2D eigenvalue weighted by Gasteiger charge is 2.21. The van der Waals surface area contributed by atoms with Crippen LogP contribution in [0.4, 0.5) is 5.69 Å². The van der Waals surface area contributed by atoms with Gasteiger partial charge in [-0.15, -0.1) is 0 Å². The number of rotatable bonds is 4. The topological polar surface area (TPSA) is 58.6 Å². The van der Waals surface area contributed by atoms with Crippen molar-refractivity contribution in [1.29, 1.82) is 0 Å². The van der Waals surface area contributed by atoms with Gasteiger partial charge in [-0.1, -0.05) is 48.5 Å². The number of hydrogen-bond acceptors (Lipinski definition) is 4. The average Bonchev–Trinajstić information content (AvgIpc) is 2.75. The first-order valence-corrected chi connectivity index (χ1v) is 9.35. The van der Waals surface area contributed by atoms with Crippen LogP contribution in [0, 0.1) is 0 Å². The summed E-state index contributed by atoms with van der Waals surface area (Å²) in [6.45, 7) is 1.46. The first-order valence-electron chi connectivity index (χ1n) is 9.35. The van der Waals surface area contributed by atoms with Crippen LogP contribution in [0.2, 0.25) is 0 Å². The molecular weight excluding hydrogens is 352 g/mol. The van der Waals surface area contributed by atoms with Gasteiger partial charge < -0.3 is 15.0 Å². The molecule has 0 saturated heterocycles. The van der Waals surface area contributed by atoms with Crippen molar-refractivity contribution < 1.29 is 14.3 Å². The minimum absolute atomic E-state index is 0.0125. The Morgan fingerprint density at radius 3 is 2.43 bits per heavy atom. The number of ether oxygens (including phenoxy) is 1. The standard InChI is InChI=1S/C23H22N2O3/c1-28-23(27)20-12-17-7-3-4-8-18(17)13-21(20)24-14-22(26)25-11-10-16-6-2-5-9-19(16)15-25/h2-9,12-13,24H,10-11,14-15H2,1H3. The number of methoxy groups -OCH3 is 1. The molecule has 0 radical (unpaired) electrons. The molecule has 1 heterocycles. The lowest BCUT2D eigenvalue weighted by Gasteiger charge is -2.29. The summed E-state index contributed by atoms with van der Waals surface area (Å²) >= 11 is 0. The third kappa shape index (κ3) is 3.56.